The number of thiocarbonyl (C=S) groups is 1. The van der Waals surface area contributed by atoms with Gasteiger partial charge in [-0.1, -0.05) is 35.9 Å². The lowest BCUT2D eigenvalue weighted by Gasteiger charge is -2.12. The number of aliphatic carboxylic acids is 1. The second-order valence-electron chi connectivity index (χ2n) is 5.13. The lowest BCUT2D eigenvalue weighted by Crippen LogP contribution is -2.34. The lowest BCUT2D eigenvalue weighted by atomic mass is 10.1. The van der Waals surface area contributed by atoms with Gasteiger partial charge >= 0.3 is 5.97 Å². The number of hydrogen-bond donors (Lipinski definition) is 3. The normalized spacial score (nSPS) is 10.5. The number of rotatable bonds is 4. The molecule has 3 N–H and O–H groups in total. The Morgan fingerprint density at radius 3 is 2.60 bits per heavy atom. The quantitative estimate of drug-likeness (QED) is 0.559. The fourth-order valence-electron chi connectivity index (χ4n) is 2.06. The van der Waals surface area contributed by atoms with Crippen LogP contribution in [0.3, 0.4) is 0 Å². The van der Waals surface area contributed by atoms with Gasteiger partial charge in [-0.15, -0.1) is 0 Å². The van der Waals surface area contributed by atoms with Crippen LogP contribution in [0, 0.1) is 6.92 Å². The van der Waals surface area contributed by atoms with Gasteiger partial charge in [-0.25, -0.2) is 4.79 Å². The molecule has 0 saturated carbocycles. The summed E-state index contributed by atoms with van der Waals surface area (Å²) >= 11 is 11.3. The minimum absolute atomic E-state index is 0.0921. The van der Waals surface area contributed by atoms with Crippen molar-refractivity contribution in [2.75, 3.05) is 5.32 Å². The maximum atomic E-state index is 12.2. The Kier molecular flexibility index (Phi) is 6.27. The molecule has 0 bridgehead atoms. The van der Waals surface area contributed by atoms with Crippen molar-refractivity contribution < 1.29 is 14.7 Å². The predicted octanol–water partition coefficient (Wildman–Crippen LogP) is 3.87. The van der Waals surface area contributed by atoms with E-state index in [1.807, 2.05) is 19.1 Å². The standard InChI is InChI=1S/C18H15ClN2O3S/c1-11-4-2-3-5-13(11)17(24)21-18(25)20-15-10-12(6-8-14(15)19)7-9-16(22)23/h2-10H,1H3,(H,22,23)(H2,20,21,24,25)/b9-7+. The first-order valence-electron chi connectivity index (χ1n) is 7.25. The van der Waals surface area contributed by atoms with Crippen LogP contribution in [-0.4, -0.2) is 22.1 Å². The molecule has 0 radical (unpaired) electrons. The van der Waals surface area contributed by atoms with Crippen molar-refractivity contribution >= 4 is 52.6 Å². The van der Waals surface area contributed by atoms with Crippen LogP contribution in [0.25, 0.3) is 6.08 Å². The van der Waals surface area contributed by atoms with Crippen LogP contribution in [0.5, 0.6) is 0 Å². The summed E-state index contributed by atoms with van der Waals surface area (Å²) in [5, 5.41) is 14.6. The zero-order valence-corrected chi connectivity index (χ0v) is 14.8. The third-order valence-corrected chi connectivity index (χ3v) is 3.81. The molecular weight excluding hydrogens is 360 g/mol. The van der Waals surface area contributed by atoms with E-state index in [-0.39, 0.29) is 11.0 Å². The molecule has 2 aromatic rings. The van der Waals surface area contributed by atoms with Crippen LogP contribution in [-0.2, 0) is 4.79 Å². The van der Waals surface area contributed by atoms with E-state index in [0.717, 1.165) is 11.6 Å². The molecule has 25 heavy (non-hydrogen) atoms. The van der Waals surface area contributed by atoms with E-state index in [9.17, 15) is 9.59 Å². The lowest BCUT2D eigenvalue weighted by molar-refractivity contribution is -0.131. The maximum Gasteiger partial charge on any atom is 0.328 e. The van der Waals surface area contributed by atoms with Crippen LogP contribution in [0.4, 0.5) is 5.69 Å². The van der Waals surface area contributed by atoms with E-state index in [4.69, 9.17) is 28.9 Å². The van der Waals surface area contributed by atoms with Crippen molar-refractivity contribution in [3.63, 3.8) is 0 Å². The van der Waals surface area contributed by atoms with Crippen LogP contribution in [0.2, 0.25) is 5.02 Å². The van der Waals surface area contributed by atoms with Gasteiger partial charge < -0.3 is 10.4 Å². The average Bonchev–Trinajstić information content (AvgIpc) is 2.55. The molecule has 128 valence electrons. The van der Waals surface area contributed by atoms with Gasteiger partial charge in [0.1, 0.15) is 0 Å². The Bertz CT molecular complexity index is 865. The SMILES string of the molecule is Cc1ccccc1C(=O)NC(=S)Nc1cc(/C=C/C(=O)O)ccc1Cl. The highest BCUT2D eigenvalue weighted by Gasteiger charge is 2.11. The molecule has 0 aliphatic carbocycles. The zero-order chi connectivity index (χ0) is 18.4. The molecular formula is C18H15ClN2O3S. The summed E-state index contributed by atoms with van der Waals surface area (Å²) in [6.45, 7) is 1.83. The Balaban J connectivity index is 2.10. The Hall–Kier alpha value is -2.70. The molecule has 1 amide bonds. The number of halogens is 1. The molecule has 0 saturated heterocycles. The van der Waals surface area contributed by atoms with Crippen molar-refractivity contribution in [1.82, 2.24) is 5.32 Å². The molecule has 0 aliphatic rings. The molecule has 0 spiro atoms. The van der Waals surface area contributed by atoms with E-state index >= 15 is 0 Å². The van der Waals surface area contributed by atoms with Gasteiger partial charge in [-0.05, 0) is 54.5 Å². The summed E-state index contributed by atoms with van der Waals surface area (Å²) in [6, 6.07) is 12.1. The molecule has 0 aromatic heterocycles. The first kappa shape index (κ1) is 18.6. The first-order chi connectivity index (χ1) is 11.9. The molecule has 0 aliphatic heterocycles. The van der Waals surface area contributed by atoms with Crippen molar-refractivity contribution in [2.24, 2.45) is 0 Å². The number of carbonyl (C=O) groups excluding carboxylic acids is 1. The fraction of sp³-hybridized carbons (Fsp3) is 0.0556. The molecule has 0 unspecified atom stereocenters. The van der Waals surface area contributed by atoms with Crippen LogP contribution in [0.15, 0.2) is 48.5 Å². The van der Waals surface area contributed by atoms with E-state index in [1.165, 1.54) is 6.08 Å². The number of hydrogen-bond acceptors (Lipinski definition) is 3. The molecule has 0 atom stereocenters. The number of benzene rings is 2. The molecule has 7 heteroatoms. The maximum absolute atomic E-state index is 12.2. The number of nitrogens with one attached hydrogen (secondary N) is 2. The van der Waals surface area contributed by atoms with Crippen molar-refractivity contribution in [2.45, 2.75) is 6.92 Å². The van der Waals surface area contributed by atoms with Crippen LogP contribution in [0.1, 0.15) is 21.5 Å². The topological polar surface area (TPSA) is 78.4 Å². The highest BCUT2D eigenvalue weighted by molar-refractivity contribution is 7.80. The highest BCUT2D eigenvalue weighted by atomic mass is 35.5. The Morgan fingerprint density at radius 2 is 1.92 bits per heavy atom. The van der Waals surface area contributed by atoms with Gasteiger partial charge in [0.05, 0.1) is 10.7 Å². The van der Waals surface area contributed by atoms with Gasteiger partial charge in [-0.3, -0.25) is 10.1 Å². The highest BCUT2D eigenvalue weighted by Crippen LogP contribution is 2.23. The monoisotopic (exact) mass is 374 g/mol. The van der Waals surface area contributed by atoms with Crippen molar-refractivity contribution in [3.05, 3.63) is 70.3 Å². The largest absolute Gasteiger partial charge is 0.478 e. The van der Waals surface area contributed by atoms with Crippen LogP contribution < -0.4 is 10.6 Å². The summed E-state index contributed by atoms with van der Waals surface area (Å²) in [5.41, 5.74) is 2.45. The Morgan fingerprint density at radius 1 is 1.20 bits per heavy atom. The summed E-state index contributed by atoms with van der Waals surface area (Å²) in [6.07, 6.45) is 2.45. The fourth-order valence-corrected chi connectivity index (χ4v) is 2.43. The van der Waals surface area contributed by atoms with Crippen molar-refractivity contribution in [3.8, 4) is 0 Å². The number of aryl methyl sites for hydroxylation is 1. The molecule has 5 nitrogen and oxygen atoms in total. The van der Waals surface area contributed by atoms with Gasteiger partial charge in [0, 0.05) is 11.6 Å². The van der Waals surface area contributed by atoms with E-state index in [2.05, 4.69) is 10.6 Å². The summed E-state index contributed by atoms with van der Waals surface area (Å²) < 4.78 is 0. The van der Waals surface area contributed by atoms with Crippen LogP contribution >= 0.6 is 23.8 Å². The number of amides is 1. The minimum atomic E-state index is -1.05. The molecule has 2 rings (SSSR count). The third-order valence-electron chi connectivity index (χ3n) is 3.27. The van der Waals surface area contributed by atoms with E-state index < -0.39 is 5.97 Å². The minimum Gasteiger partial charge on any atom is -0.478 e. The van der Waals surface area contributed by atoms with Crippen molar-refractivity contribution in [1.29, 1.82) is 0 Å². The van der Waals surface area contributed by atoms with Gasteiger partial charge in [0.25, 0.3) is 5.91 Å². The van der Waals surface area contributed by atoms with Gasteiger partial charge in [0.2, 0.25) is 0 Å². The number of carboxylic acids is 1. The average molecular weight is 375 g/mol. The molecule has 0 fully saturated rings. The summed E-state index contributed by atoms with van der Waals surface area (Å²) in [7, 11) is 0. The second kappa shape index (κ2) is 8.41. The first-order valence-corrected chi connectivity index (χ1v) is 8.04. The Labute approximate surface area is 155 Å². The van der Waals surface area contributed by atoms with Gasteiger partial charge in [0.15, 0.2) is 5.11 Å². The number of anilines is 1. The zero-order valence-electron chi connectivity index (χ0n) is 13.2. The smallest absolute Gasteiger partial charge is 0.328 e. The van der Waals surface area contributed by atoms with E-state index in [0.29, 0.717) is 21.8 Å². The van der Waals surface area contributed by atoms with Gasteiger partial charge in [-0.2, -0.15) is 0 Å². The number of carboxylic acid groups (broad SMARTS) is 1. The third kappa shape index (κ3) is 5.41. The van der Waals surface area contributed by atoms with E-state index in [1.54, 1.807) is 30.3 Å². The number of carbonyl (C=O) groups is 2. The predicted molar refractivity (Wildman–Crippen MR) is 103 cm³/mol. The molecule has 0 heterocycles. The second-order valence-corrected chi connectivity index (χ2v) is 5.95. The molecule has 2 aromatic carbocycles. The summed E-state index contributed by atoms with van der Waals surface area (Å²) in [5.74, 6) is -1.38. The summed E-state index contributed by atoms with van der Waals surface area (Å²) in [4.78, 5) is 22.8.